The van der Waals surface area contributed by atoms with Crippen molar-refractivity contribution < 1.29 is 14.0 Å². The van der Waals surface area contributed by atoms with Crippen molar-refractivity contribution in [3.05, 3.63) is 69.5 Å². The predicted molar refractivity (Wildman–Crippen MR) is 101 cm³/mol. The lowest BCUT2D eigenvalue weighted by Gasteiger charge is -2.28. The van der Waals surface area contributed by atoms with Crippen LogP contribution in [0.2, 0.25) is 10.0 Å². The van der Waals surface area contributed by atoms with E-state index in [1.807, 2.05) is 0 Å². The molecule has 1 atom stereocenters. The van der Waals surface area contributed by atoms with Crippen LogP contribution in [-0.4, -0.2) is 29.8 Å². The van der Waals surface area contributed by atoms with Gasteiger partial charge in [0.25, 0.3) is 0 Å². The van der Waals surface area contributed by atoms with Gasteiger partial charge in [0.1, 0.15) is 11.9 Å². The molecule has 1 N–H and O–H groups in total. The van der Waals surface area contributed by atoms with E-state index in [-0.39, 0.29) is 29.5 Å². The van der Waals surface area contributed by atoms with Gasteiger partial charge in [0, 0.05) is 29.2 Å². The molecule has 2 aromatic rings. The number of halogens is 3. The number of amides is 2. The monoisotopic (exact) mass is 396 g/mol. The quantitative estimate of drug-likeness (QED) is 0.806. The molecule has 2 rings (SSSR count). The summed E-state index contributed by atoms with van der Waals surface area (Å²) in [5, 5.41) is 3.28. The van der Waals surface area contributed by atoms with Gasteiger partial charge >= 0.3 is 0 Å². The highest BCUT2D eigenvalue weighted by atomic mass is 35.5. The zero-order valence-corrected chi connectivity index (χ0v) is 15.9. The van der Waals surface area contributed by atoms with Crippen LogP contribution >= 0.6 is 23.2 Å². The first-order valence-corrected chi connectivity index (χ1v) is 8.77. The van der Waals surface area contributed by atoms with E-state index in [0.717, 1.165) is 5.56 Å². The number of benzene rings is 2. The van der Waals surface area contributed by atoms with Crippen molar-refractivity contribution in [1.29, 1.82) is 0 Å². The third-order valence-corrected chi connectivity index (χ3v) is 4.68. The van der Waals surface area contributed by atoms with Gasteiger partial charge in [-0.2, -0.15) is 0 Å². The topological polar surface area (TPSA) is 49.4 Å². The maximum absolute atomic E-state index is 14.0. The van der Waals surface area contributed by atoms with Crippen LogP contribution in [0.4, 0.5) is 4.39 Å². The molecule has 0 fully saturated rings. The molecule has 7 heteroatoms. The number of rotatable bonds is 6. The van der Waals surface area contributed by atoms with E-state index in [1.165, 1.54) is 30.1 Å². The molecule has 0 radical (unpaired) electrons. The molecule has 0 saturated heterocycles. The number of hydrogen-bond acceptors (Lipinski definition) is 2. The lowest BCUT2D eigenvalue weighted by molar-refractivity contribution is -0.139. The molecule has 0 aliphatic rings. The number of nitrogens with one attached hydrogen (secondary N) is 1. The van der Waals surface area contributed by atoms with Crippen molar-refractivity contribution in [3.63, 3.8) is 0 Å². The SMILES string of the molecule is CNC(=O)[C@@H](C)N(Cc1ccc(Cl)cc1)C(=O)Cc1c(F)cccc1Cl. The Morgan fingerprint density at radius 3 is 2.38 bits per heavy atom. The molecule has 0 aromatic heterocycles. The van der Waals surface area contributed by atoms with Crippen molar-refractivity contribution in [2.24, 2.45) is 0 Å². The largest absolute Gasteiger partial charge is 0.357 e. The predicted octanol–water partition coefficient (Wildman–Crippen LogP) is 3.84. The second-order valence-electron chi connectivity index (χ2n) is 5.82. The van der Waals surface area contributed by atoms with Crippen molar-refractivity contribution in [2.45, 2.75) is 25.9 Å². The second kappa shape index (κ2) is 9.01. The molecule has 0 heterocycles. The number of carbonyl (C=O) groups is 2. The first-order chi connectivity index (χ1) is 12.3. The van der Waals surface area contributed by atoms with Gasteiger partial charge in [-0.1, -0.05) is 41.4 Å². The Labute approximate surface area is 161 Å². The fourth-order valence-electron chi connectivity index (χ4n) is 2.53. The van der Waals surface area contributed by atoms with Gasteiger partial charge in [-0.15, -0.1) is 0 Å². The van der Waals surface area contributed by atoms with Crippen molar-refractivity contribution in [2.75, 3.05) is 7.05 Å². The number of hydrogen-bond donors (Lipinski definition) is 1. The lowest BCUT2D eigenvalue weighted by atomic mass is 10.1. The molecule has 0 bridgehead atoms. The van der Waals surface area contributed by atoms with Gasteiger partial charge in [0.15, 0.2) is 0 Å². The number of nitrogens with zero attached hydrogens (tertiary/aromatic N) is 1. The van der Waals surface area contributed by atoms with E-state index in [4.69, 9.17) is 23.2 Å². The number of carbonyl (C=O) groups excluding carboxylic acids is 2. The standard InChI is InChI=1S/C19H19Cl2FN2O2/c1-12(19(26)23-2)24(11-13-6-8-14(20)9-7-13)18(25)10-15-16(21)4-3-5-17(15)22/h3-9,12H,10-11H2,1-2H3,(H,23,26)/t12-/m1/s1. The minimum Gasteiger partial charge on any atom is -0.357 e. The molecular weight excluding hydrogens is 378 g/mol. The molecule has 0 spiro atoms. The summed E-state index contributed by atoms with van der Waals surface area (Å²) >= 11 is 11.9. The summed E-state index contributed by atoms with van der Waals surface area (Å²) < 4.78 is 14.0. The third-order valence-electron chi connectivity index (χ3n) is 4.07. The summed E-state index contributed by atoms with van der Waals surface area (Å²) in [5.41, 5.74) is 0.919. The second-order valence-corrected chi connectivity index (χ2v) is 6.66. The fraction of sp³-hybridized carbons (Fsp3) is 0.263. The summed E-state index contributed by atoms with van der Waals surface area (Å²) in [6.07, 6.45) is -0.236. The van der Waals surface area contributed by atoms with Gasteiger partial charge < -0.3 is 10.2 Å². The van der Waals surface area contributed by atoms with E-state index in [2.05, 4.69) is 5.32 Å². The fourth-order valence-corrected chi connectivity index (χ4v) is 2.89. The van der Waals surface area contributed by atoms with Gasteiger partial charge in [-0.3, -0.25) is 9.59 Å². The van der Waals surface area contributed by atoms with Crippen LogP contribution in [0.25, 0.3) is 0 Å². The molecule has 4 nitrogen and oxygen atoms in total. The van der Waals surface area contributed by atoms with E-state index in [0.29, 0.717) is 5.02 Å². The first-order valence-electron chi connectivity index (χ1n) is 8.02. The molecule has 0 saturated carbocycles. The van der Waals surface area contributed by atoms with Crippen molar-refractivity contribution in [3.8, 4) is 0 Å². The van der Waals surface area contributed by atoms with E-state index >= 15 is 0 Å². The Hall–Kier alpha value is -2.11. The van der Waals surface area contributed by atoms with Crippen LogP contribution in [-0.2, 0) is 22.6 Å². The van der Waals surface area contributed by atoms with Crippen molar-refractivity contribution in [1.82, 2.24) is 10.2 Å². The van der Waals surface area contributed by atoms with E-state index in [1.54, 1.807) is 31.2 Å². The van der Waals surface area contributed by atoms with Gasteiger partial charge in [0.2, 0.25) is 11.8 Å². The van der Waals surface area contributed by atoms with Crippen LogP contribution in [0.15, 0.2) is 42.5 Å². The highest BCUT2D eigenvalue weighted by Gasteiger charge is 2.26. The highest BCUT2D eigenvalue weighted by Crippen LogP contribution is 2.21. The molecule has 2 aromatic carbocycles. The smallest absolute Gasteiger partial charge is 0.242 e. The molecular formula is C19H19Cl2FN2O2. The summed E-state index contributed by atoms with van der Waals surface area (Å²) in [4.78, 5) is 26.3. The van der Waals surface area contributed by atoms with Crippen LogP contribution in [0.1, 0.15) is 18.1 Å². The minimum atomic E-state index is -0.728. The maximum Gasteiger partial charge on any atom is 0.242 e. The Morgan fingerprint density at radius 2 is 1.81 bits per heavy atom. The van der Waals surface area contributed by atoms with E-state index < -0.39 is 17.8 Å². The molecule has 0 unspecified atom stereocenters. The first kappa shape index (κ1) is 20.2. The highest BCUT2D eigenvalue weighted by molar-refractivity contribution is 6.31. The zero-order chi connectivity index (χ0) is 19.3. The molecule has 0 aliphatic heterocycles. The third kappa shape index (κ3) is 4.96. The van der Waals surface area contributed by atoms with Crippen molar-refractivity contribution >= 4 is 35.0 Å². The van der Waals surface area contributed by atoms with Crippen LogP contribution in [0, 0.1) is 5.82 Å². The van der Waals surface area contributed by atoms with Crippen LogP contribution in [0.5, 0.6) is 0 Å². The molecule has 26 heavy (non-hydrogen) atoms. The van der Waals surface area contributed by atoms with Gasteiger partial charge in [-0.05, 0) is 36.8 Å². The Morgan fingerprint density at radius 1 is 1.15 bits per heavy atom. The van der Waals surface area contributed by atoms with Gasteiger partial charge in [-0.25, -0.2) is 4.39 Å². The Balaban J connectivity index is 2.28. The Kier molecular flexibility index (Phi) is 7.00. The molecule has 2 amide bonds. The average Bonchev–Trinajstić information content (AvgIpc) is 2.63. The normalized spacial score (nSPS) is 11.7. The summed E-state index contributed by atoms with van der Waals surface area (Å²) in [5.74, 6) is -1.26. The minimum absolute atomic E-state index is 0.115. The molecule has 0 aliphatic carbocycles. The summed E-state index contributed by atoms with van der Waals surface area (Å²) in [7, 11) is 1.50. The lowest BCUT2D eigenvalue weighted by Crippen LogP contribution is -2.47. The number of likely N-dealkylation sites (N-methyl/N-ethyl adjacent to an activating group) is 1. The van der Waals surface area contributed by atoms with Crippen LogP contribution < -0.4 is 5.32 Å². The summed E-state index contributed by atoms with van der Waals surface area (Å²) in [6.45, 7) is 1.81. The van der Waals surface area contributed by atoms with Gasteiger partial charge in [0.05, 0.1) is 6.42 Å². The average molecular weight is 397 g/mol. The van der Waals surface area contributed by atoms with E-state index in [9.17, 15) is 14.0 Å². The maximum atomic E-state index is 14.0. The zero-order valence-electron chi connectivity index (χ0n) is 14.4. The van der Waals surface area contributed by atoms with Crippen LogP contribution in [0.3, 0.4) is 0 Å². The molecule has 138 valence electrons. The Bertz CT molecular complexity index is 776. The summed E-state index contributed by atoms with van der Waals surface area (Å²) in [6, 6.07) is 10.5.